The molecule has 2 rings (SSSR count). The summed E-state index contributed by atoms with van der Waals surface area (Å²) in [6.07, 6.45) is -0.302. The molecule has 0 unspecified atom stereocenters. The highest BCUT2D eigenvalue weighted by molar-refractivity contribution is 5.93. The first-order valence-corrected chi connectivity index (χ1v) is 7.35. The second-order valence-electron chi connectivity index (χ2n) is 5.09. The lowest BCUT2D eigenvalue weighted by atomic mass is 10.1. The van der Waals surface area contributed by atoms with Crippen molar-refractivity contribution in [1.82, 2.24) is 5.32 Å². The number of nitrogens with zero attached hydrogens (tertiary/aromatic N) is 1. The molecule has 0 aromatic heterocycles. The zero-order valence-electron chi connectivity index (χ0n) is 12.9. The van der Waals surface area contributed by atoms with E-state index in [1.807, 2.05) is 0 Å². The van der Waals surface area contributed by atoms with Crippen molar-refractivity contribution in [3.05, 3.63) is 65.5 Å². The van der Waals surface area contributed by atoms with Crippen LogP contribution in [0.2, 0.25) is 0 Å². The third kappa shape index (κ3) is 4.92. The second-order valence-corrected chi connectivity index (χ2v) is 5.09. The van der Waals surface area contributed by atoms with Crippen LogP contribution in [0.3, 0.4) is 0 Å². The Kier molecular flexibility index (Phi) is 6.03. The molecule has 0 fully saturated rings. The summed E-state index contributed by atoms with van der Waals surface area (Å²) in [7, 11) is 0. The molecule has 2 aromatic rings. The van der Waals surface area contributed by atoms with Crippen LogP contribution in [0.15, 0.2) is 48.5 Å². The second kappa shape index (κ2) is 8.44. The number of carbonyl (C=O) groups is 2. The van der Waals surface area contributed by atoms with Crippen LogP contribution in [0, 0.1) is 17.1 Å². The molecule has 5 nitrogen and oxygen atoms in total. The molecule has 2 N–H and O–H groups in total. The van der Waals surface area contributed by atoms with Crippen LogP contribution in [0.1, 0.15) is 17.5 Å². The average Bonchev–Trinajstić information content (AvgIpc) is 2.56. The van der Waals surface area contributed by atoms with Gasteiger partial charge in [-0.2, -0.15) is 5.26 Å². The third-order valence-corrected chi connectivity index (χ3v) is 3.32. The van der Waals surface area contributed by atoms with Crippen molar-refractivity contribution < 1.29 is 14.0 Å². The standard InChI is InChI=1S/C18H16FN3O2/c19-15-7-3-1-5-13(15)11-18(24)22-16-8-4-2-6-14(16)12-21-17(23)9-10-20/h1-8H,9,11-12H2,(H,21,23)(H,22,24). The zero-order chi connectivity index (χ0) is 17.4. The van der Waals surface area contributed by atoms with Gasteiger partial charge in [-0.3, -0.25) is 9.59 Å². The number of hydrogen-bond acceptors (Lipinski definition) is 3. The Balaban J connectivity index is 2.02. The number of carbonyl (C=O) groups excluding carboxylic acids is 2. The number of hydrogen-bond donors (Lipinski definition) is 2. The summed E-state index contributed by atoms with van der Waals surface area (Å²) in [5.74, 6) is -1.16. The van der Waals surface area contributed by atoms with Crippen LogP contribution in [-0.2, 0) is 22.6 Å². The summed E-state index contributed by atoms with van der Waals surface area (Å²) in [5.41, 5.74) is 1.55. The van der Waals surface area contributed by atoms with E-state index < -0.39 is 5.82 Å². The van der Waals surface area contributed by atoms with E-state index in [0.717, 1.165) is 0 Å². The maximum Gasteiger partial charge on any atom is 0.234 e. The molecule has 122 valence electrons. The molecule has 0 aliphatic carbocycles. The first kappa shape index (κ1) is 17.2. The minimum atomic E-state index is -0.426. The Morgan fingerprint density at radius 3 is 2.38 bits per heavy atom. The van der Waals surface area contributed by atoms with Crippen molar-refractivity contribution in [2.75, 3.05) is 5.32 Å². The molecule has 2 amide bonds. The fourth-order valence-electron chi connectivity index (χ4n) is 2.13. The first-order valence-electron chi connectivity index (χ1n) is 7.35. The van der Waals surface area contributed by atoms with Gasteiger partial charge in [0, 0.05) is 12.2 Å². The Bertz CT molecular complexity index is 784. The van der Waals surface area contributed by atoms with Gasteiger partial charge in [0.1, 0.15) is 12.2 Å². The lowest BCUT2D eigenvalue weighted by Gasteiger charge is -2.12. The number of nitrogens with one attached hydrogen (secondary N) is 2. The van der Waals surface area contributed by atoms with Crippen LogP contribution in [-0.4, -0.2) is 11.8 Å². The Morgan fingerprint density at radius 2 is 1.67 bits per heavy atom. The summed E-state index contributed by atoms with van der Waals surface area (Å²) in [4.78, 5) is 23.5. The van der Waals surface area contributed by atoms with Gasteiger partial charge in [0.15, 0.2) is 0 Å². The minimum Gasteiger partial charge on any atom is -0.351 e. The van der Waals surface area contributed by atoms with Crippen LogP contribution in [0.5, 0.6) is 0 Å². The van der Waals surface area contributed by atoms with Crippen molar-refractivity contribution in [2.24, 2.45) is 0 Å². The molecule has 0 saturated carbocycles. The molecule has 2 aromatic carbocycles. The summed E-state index contributed by atoms with van der Waals surface area (Å²) in [6, 6.07) is 14.8. The van der Waals surface area contributed by atoms with Crippen molar-refractivity contribution in [1.29, 1.82) is 5.26 Å². The average molecular weight is 325 g/mol. The van der Waals surface area contributed by atoms with E-state index in [1.165, 1.54) is 6.07 Å². The number of benzene rings is 2. The van der Waals surface area contributed by atoms with Gasteiger partial charge in [-0.1, -0.05) is 36.4 Å². The molecule has 0 radical (unpaired) electrons. The van der Waals surface area contributed by atoms with E-state index in [-0.39, 0.29) is 31.2 Å². The molecule has 0 aliphatic rings. The molecular formula is C18H16FN3O2. The molecule has 0 saturated heterocycles. The van der Waals surface area contributed by atoms with E-state index in [9.17, 15) is 14.0 Å². The Hall–Kier alpha value is -3.20. The van der Waals surface area contributed by atoms with Crippen LogP contribution in [0.4, 0.5) is 10.1 Å². The van der Waals surface area contributed by atoms with E-state index >= 15 is 0 Å². The van der Waals surface area contributed by atoms with Gasteiger partial charge in [0.2, 0.25) is 11.8 Å². The number of rotatable bonds is 6. The van der Waals surface area contributed by atoms with Crippen molar-refractivity contribution >= 4 is 17.5 Å². The van der Waals surface area contributed by atoms with E-state index in [0.29, 0.717) is 16.8 Å². The monoisotopic (exact) mass is 325 g/mol. The highest BCUT2D eigenvalue weighted by atomic mass is 19.1. The minimum absolute atomic E-state index is 0.0815. The molecule has 0 bridgehead atoms. The highest BCUT2D eigenvalue weighted by Crippen LogP contribution is 2.16. The van der Waals surface area contributed by atoms with Gasteiger partial charge in [-0.05, 0) is 23.3 Å². The number of nitriles is 1. The van der Waals surface area contributed by atoms with Crippen molar-refractivity contribution in [3.63, 3.8) is 0 Å². The van der Waals surface area contributed by atoms with Gasteiger partial charge in [-0.25, -0.2) is 4.39 Å². The molecule has 0 spiro atoms. The molecule has 0 heterocycles. The summed E-state index contributed by atoms with van der Waals surface area (Å²) in [6.45, 7) is 0.191. The van der Waals surface area contributed by atoms with Gasteiger partial charge >= 0.3 is 0 Å². The van der Waals surface area contributed by atoms with Gasteiger partial charge in [0.05, 0.1) is 12.5 Å². The lowest BCUT2D eigenvalue weighted by molar-refractivity contribution is -0.120. The topological polar surface area (TPSA) is 82.0 Å². The van der Waals surface area contributed by atoms with Crippen LogP contribution >= 0.6 is 0 Å². The van der Waals surface area contributed by atoms with Crippen LogP contribution in [0.25, 0.3) is 0 Å². The predicted octanol–water partition coefficient (Wildman–Crippen LogP) is 2.54. The van der Waals surface area contributed by atoms with Crippen molar-refractivity contribution in [2.45, 2.75) is 19.4 Å². The fraction of sp³-hybridized carbons (Fsp3) is 0.167. The first-order chi connectivity index (χ1) is 11.6. The number of halogens is 1. The van der Waals surface area contributed by atoms with E-state index in [4.69, 9.17) is 5.26 Å². The largest absolute Gasteiger partial charge is 0.351 e. The Morgan fingerprint density at radius 1 is 1.00 bits per heavy atom. The van der Waals surface area contributed by atoms with Crippen LogP contribution < -0.4 is 10.6 Å². The lowest BCUT2D eigenvalue weighted by Crippen LogP contribution is -2.23. The van der Waals surface area contributed by atoms with Gasteiger partial charge in [0.25, 0.3) is 0 Å². The van der Waals surface area contributed by atoms with E-state index in [1.54, 1.807) is 48.5 Å². The normalized spacial score (nSPS) is 9.83. The summed E-state index contributed by atoms with van der Waals surface area (Å²) in [5, 5.41) is 13.8. The molecular weight excluding hydrogens is 309 g/mol. The quantitative estimate of drug-likeness (QED) is 0.856. The fourth-order valence-corrected chi connectivity index (χ4v) is 2.13. The maximum atomic E-state index is 13.6. The SMILES string of the molecule is N#CCC(=O)NCc1ccccc1NC(=O)Cc1ccccc1F. The molecule has 0 aliphatic heterocycles. The molecule has 0 atom stereocenters. The Labute approximate surface area is 139 Å². The molecule has 24 heavy (non-hydrogen) atoms. The van der Waals surface area contributed by atoms with Crippen molar-refractivity contribution in [3.8, 4) is 6.07 Å². The number of amides is 2. The zero-order valence-corrected chi connectivity index (χ0v) is 12.9. The van der Waals surface area contributed by atoms with Gasteiger partial charge < -0.3 is 10.6 Å². The smallest absolute Gasteiger partial charge is 0.234 e. The van der Waals surface area contributed by atoms with Gasteiger partial charge in [-0.15, -0.1) is 0 Å². The maximum absolute atomic E-state index is 13.6. The summed E-state index contributed by atoms with van der Waals surface area (Å²) < 4.78 is 13.6. The third-order valence-electron chi connectivity index (χ3n) is 3.32. The van der Waals surface area contributed by atoms with E-state index in [2.05, 4.69) is 10.6 Å². The summed E-state index contributed by atoms with van der Waals surface area (Å²) >= 11 is 0. The molecule has 6 heteroatoms. The highest BCUT2D eigenvalue weighted by Gasteiger charge is 2.10. The predicted molar refractivity (Wildman–Crippen MR) is 87.3 cm³/mol. The number of anilines is 1. The number of para-hydroxylation sites is 1.